The predicted molar refractivity (Wildman–Crippen MR) is 79.1 cm³/mol. The summed E-state index contributed by atoms with van der Waals surface area (Å²) in [5.74, 6) is 0.580. The standard InChI is InChI=1S/C15H19N3S/c16-9-12-2-1-3-13(8-12)14-4-5-15-11-18(19)7-6-17(15)10-14/h1-3,8,14-15,19H,4-7,10-11H2. The molecule has 2 unspecified atom stereocenters. The maximum Gasteiger partial charge on any atom is 0.0991 e. The molecule has 0 spiro atoms. The maximum absolute atomic E-state index is 9.00. The molecule has 2 aliphatic heterocycles. The third-order valence-electron chi connectivity index (χ3n) is 4.37. The second-order valence-electron chi connectivity index (χ2n) is 5.57. The number of hydrogen-bond acceptors (Lipinski definition) is 4. The van der Waals surface area contributed by atoms with Gasteiger partial charge in [-0.25, -0.2) is 0 Å². The summed E-state index contributed by atoms with van der Waals surface area (Å²) >= 11 is 4.47. The third-order valence-corrected chi connectivity index (χ3v) is 4.74. The van der Waals surface area contributed by atoms with Crippen LogP contribution in [0.4, 0.5) is 0 Å². The Kier molecular flexibility index (Phi) is 3.79. The van der Waals surface area contributed by atoms with Crippen LogP contribution >= 0.6 is 12.8 Å². The molecule has 4 heteroatoms. The SMILES string of the molecule is N#Cc1cccc(C2CCC3CN(S)CCN3C2)c1. The topological polar surface area (TPSA) is 30.3 Å². The van der Waals surface area contributed by atoms with E-state index < -0.39 is 0 Å². The number of piperazine rings is 1. The zero-order valence-corrected chi connectivity index (χ0v) is 11.9. The fourth-order valence-electron chi connectivity index (χ4n) is 3.29. The smallest absolute Gasteiger partial charge is 0.0991 e. The summed E-state index contributed by atoms with van der Waals surface area (Å²) in [4.78, 5) is 2.60. The van der Waals surface area contributed by atoms with Crippen molar-refractivity contribution in [1.82, 2.24) is 9.21 Å². The molecule has 2 saturated heterocycles. The van der Waals surface area contributed by atoms with Gasteiger partial charge in [-0.1, -0.05) is 24.9 Å². The fourth-order valence-corrected chi connectivity index (χ4v) is 3.57. The molecule has 0 saturated carbocycles. The molecule has 2 fully saturated rings. The molecule has 3 nitrogen and oxygen atoms in total. The van der Waals surface area contributed by atoms with Gasteiger partial charge in [0.05, 0.1) is 11.6 Å². The molecule has 1 aromatic carbocycles. The number of benzene rings is 1. The van der Waals surface area contributed by atoms with E-state index in [0.29, 0.717) is 12.0 Å². The van der Waals surface area contributed by atoms with E-state index in [0.717, 1.165) is 31.7 Å². The van der Waals surface area contributed by atoms with Gasteiger partial charge in [0.2, 0.25) is 0 Å². The zero-order chi connectivity index (χ0) is 13.2. The normalized spacial score (nSPS) is 28.6. The summed E-state index contributed by atoms with van der Waals surface area (Å²) in [6.45, 7) is 4.36. The quantitative estimate of drug-likeness (QED) is 0.796. The highest BCUT2D eigenvalue weighted by atomic mass is 32.1. The fraction of sp³-hybridized carbons (Fsp3) is 0.533. The van der Waals surface area contributed by atoms with Crippen LogP contribution < -0.4 is 0 Å². The van der Waals surface area contributed by atoms with Crippen LogP contribution in [0, 0.1) is 11.3 Å². The van der Waals surface area contributed by atoms with Gasteiger partial charge in [-0.2, -0.15) is 5.26 Å². The number of nitriles is 1. The van der Waals surface area contributed by atoms with Crippen LogP contribution in [-0.4, -0.2) is 41.4 Å². The summed E-state index contributed by atoms with van der Waals surface area (Å²) < 4.78 is 2.14. The van der Waals surface area contributed by atoms with Gasteiger partial charge in [-0.05, 0) is 36.5 Å². The van der Waals surface area contributed by atoms with Crippen LogP contribution in [-0.2, 0) is 0 Å². The monoisotopic (exact) mass is 273 g/mol. The van der Waals surface area contributed by atoms with Gasteiger partial charge in [0.25, 0.3) is 0 Å². The van der Waals surface area contributed by atoms with Crippen molar-refractivity contribution in [3.05, 3.63) is 35.4 Å². The lowest BCUT2D eigenvalue weighted by Gasteiger charge is -2.45. The van der Waals surface area contributed by atoms with Crippen LogP contribution in [0.25, 0.3) is 0 Å². The molecule has 100 valence electrons. The van der Waals surface area contributed by atoms with Gasteiger partial charge in [-0.3, -0.25) is 9.21 Å². The van der Waals surface area contributed by atoms with Crippen LogP contribution in [0.2, 0.25) is 0 Å². The Bertz CT molecular complexity index is 496. The van der Waals surface area contributed by atoms with Gasteiger partial charge in [-0.15, -0.1) is 0 Å². The summed E-state index contributed by atoms with van der Waals surface area (Å²) in [6.07, 6.45) is 2.45. The summed E-state index contributed by atoms with van der Waals surface area (Å²) in [5.41, 5.74) is 2.10. The second kappa shape index (κ2) is 5.54. The minimum Gasteiger partial charge on any atom is -0.297 e. The summed E-state index contributed by atoms with van der Waals surface area (Å²) in [6, 6.07) is 11.0. The Labute approximate surface area is 120 Å². The number of hydrogen-bond donors (Lipinski definition) is 1. The zero-order valence-electron chi connectivity index (χ0n) is 11.0. The molecule has 0 bridgehead atoms. The highest BCUT2D eigenvalue weighted by Gasteiger charge is 2.32. The van der Waals surface area contributed by atoms with Crippen molar-refractivity contribution < 1.29 is 0 Å². The number of piperidine rings is 1. The lowest BCUT2D eigenvalue weighted by molar-refractivity contribution is 0.0793. The molecule has 2 aliphatic rings. The van der Waals surface area contributed by atoms with Crippen molar-refractivity contribution in [2.24, 2.45) is 0 Å². The van der Waals surface area contributed by atoms with E-state index in [1.165, 1.54) is 18.4 Å². The van der Waals surface area contributed by atoms with E-state index in [4.69, 9.17) is 5.26 Å². The minimum atomic E-state index is 0.580. The van der Waals surface area contributed by atoms with Crippen LogP contribution in [0.1, 0.15) is 29.9 Å². The molecule has 19 heavy (non-hydrogen) atoms. The van der Waals surface area contributed by atoms with Crippen molar-refractivity contribution in [3.8, 4) is 6.07 Å². The second-order valence-corrected chi connectivity index (χ2v) is 6.14. The van der Waals surface area contributed by atoms with Gasteiger partial charge < -0.3 is 0 Å². The van der Waals surface area contributed by atoms with Crippen molar-refractivity contribution in [2.75, 3.05) is 26.2 Å². The number of rotatable bonds is 1. The predicted octanol–water partition coefficient (Wildman–Crippen LogP) is 2.27. The molecule has 0 N–H and O–H groups in total. The van der Waals surface area contributed by atoms with Gasteiger partial charge in [0.15, 0.2) is 0 Å². The van der Waals surface area contributed by atoms with Crippen molar-refractivity contribution >= 4 is 12.8 Å². The van der Waals surface area contributed by atoms with Crippen LogP contribution in [0.15, 0.2) is 24.3 Å². The van der Waals surface area contributed by atoms with E-state index in [-0.39, 0.29) is 0 Å². The molecule has 2 heterocycles. The van der Waals surface area contributed by atoms with E-state index >= 15 is 0 Å². The van der Waals surface area contributed by atoms with Crippen LogP contribution in [0.5, 0.6) is 0 Å². The maximum atomic E-state index is 9.00. The Hall–Kier alpha value is -1.02. The Morgan fingerprint density at radius 2 is 2.11 bits per heavy atom. The van der Waals surface area contributed by atoms with E-state index in [1.807, 2.05) is 12.1 Å². The highest BCUT2D eigenvalue weighted by Crippen LogP contribution is 2.32. The van der Waals surface area contributed by atoms with Gasteiger partial charge in [0, 0.05) is 32.2 Å². The van der Waals surface area contributed by atoms with E-state index in [2.05, 4.69) is 40.2 Å². The summed E-state index contributed by atoms with van der Waals surface area (Å²) in [7, 11) is 0. The molecule has 1 aromatic rings. The molecule has 2 atom stereocenters. The van der Waals surface area contributed by atoms with Crippen LogP contribution in [0.3, 0.4) is 0 Å². The molecular formula is C15H19N3S. The highest BCUT2D eigenvalue weighted by molar-refractivity contribution is 7.77. The third kappa shape index (κ3) is 2.79. The molecular weight excluding hydrogens is 254 g/mol. The first-order chi connectivity index (χ1) is 9.26. The summed E-state index contributed by atoms with van der Waals surface area (Å²) in [5, 5.41) is 9.00. The molecule has 0 aromatic heterocycles. The first kappa shape index (κ1) is 13.0. The average Bonchev–Trinajstić information content (AvgIpc) is 2.46. The Morgan fingerprint density at radius 3 is 2.95 bits per heavy atom. The number of thiol groups is 1. The van der Waals surface area contributed by atoms with E-state index in [1.54, 1.807) is 0 Å². The lowest BCUT2D eigenvalue weighted by Crippen LogP contribution is -2.53. The lowest BCUT2D eigenvalue weighted by atomic mass is 9.86. The van der Waals surface area contributed by atoms with Gasteiger partial charge >= 0.3 is 0 Å². The first-order valence-corrected chi connectivity index (χ1v) is 7.34. The average molecular weight is 273 g/mol. The van der Waals surface area contributed by atoms with E-state index in [9.17, 15) is 0 Å². The Morgan fingerprint density at radius 1 is 1.21 bits per heavy atom. The molecule has 0 aliphatic carbocycles. The molecule has 3 rings (SSSR count). The van der Waals surface area contributed by atoms with Crippen molar-refractivity contribution in [3.63, 3.8) is 0 Å². The Balaban J connectivity index is 1.72. The largest absolute Gasteiger partial charge is 0.297 e. The number of nitrogens with zero attached hydrogens (tertiary/aromatic N) is 3. The minimum absolute atomic E-state index is 0.580. The van der Waals surface area contributed by atoms with Crippen molar-refractivity contribution in [2.45, 2.75) is 24.8 Å². The van der Waals surface area contributed by atoms with Gasteiger partial charge in [0.1, 0.15) is 0 Å². The number of fused-ring (bicyclic) bond motifs is 1. The molecule has 0 amide bonds. The first-order valence-electron chi connectivity index (χ1n) is 6.94. The molecule has 0 radical (unpaired) electrons. The van der Waals surface area contributed by atoms with Crippen molar-refractivity contribution in [1.29, 1.82) is 5.26 Å².